The van der Waals surface area contributed by atoms with Crippen LogP contribution in [0.5, 0.6) is 5.75 Å². The molecule has 4 rings (SSSR count). The van der Waals surface area contributed by atoms with Gasteiger partial charge in [-0.15, -0.1) is 0 Å². The molecule has 0 aliphatic heterocycles. The van der Waals surface area contributed by atoms with Crippen molar-refractivity contribution in [2.24, 2.45) is 0 Å². The van der Waals surface area contributed by atoms with Crippen LogP contribution < -0.4 is 9.84 Å². The van der Waals surface area contributed by atoms with E-state index in [4.69, 9.17) is 9.72 Å². The first-order chi connectivity index (χ1) is 12.7. The summed E-state index contributed by atoms with van der Waals surface area (Å²) in [6, 6.07) is 15.2. The van der Waals surface area contributed by atoms with Gasteiger partial charge in [-0.1, -0.05) is 36.4 Å². The first kappa shape index (κ1) is 16.3. The Bertz CT molecular complexity index is 1040. The van der Waals surface area contributed by atoms with E-state index in [1.165, 1.54) is 0 Å². The minimum absolute atomic E-state index is 0.270. The molecule has 0 saturated heterocycles. The lowest BCUT2D eigenvalue weighted by Gasteiger charge is -2.13. The largest absolute Gasteiger partial charge is 0.545 e. The van der Waals surface area contributed by atoms with Gasteiger partial charge in [0, 0.05) is 16.5 Å². The molecule has 130 valence electrons. The van der Waals surface area contributed by atoms with Crippen LogP contribution >= 0.6 is 0 Å². The number of rotatable bonds is 4. The Labute approximate surface area is 151 Å². The van der Waals surface area contributed by atoms with Crippen LogP contribution in [0.4, 0.5) is 0 Å². The molecule has 0 bridgehead atoms. The maximum atomic E-state index is 11.8. The van der Waals surface area contributed by atoms with Crippen molar-refractivity contribution < 1.29 is 14.6 Å². The van der Waals surface area contributed by atoms with Gasteiger partial charge >= 0.3 is 0 Å². The fourth-order valence-corrected chi connectivity index (χ4v) is 3.59. The molecule has 0 radical (unpaired) electrons. The molecule has 2 aromatic carbocycles. The standard InChI is InChI=1S/C22H19NO3/c1-2-26-19-10-6-3-7-14(19)13-15-11-12-17-20(22(24)25)16-8-4-5-9-18(16)23-21(15)17/h3-10,13H,2,11-12H2,1H3,(H,24,25)/p-1/b15-13+. The summed E-state index contributed by atoms with van der Waals surface area (Å²) in [5, 5.41) is 12.4. The Morgan fingerprint density at radius 2 is 1.92 bits per heavy atom. The maximum Gasteiger partial charge on any atom is 0.126 e. The van der Waals surface area contributed by atoms with Crippen molar-refractivity contribution in [3.05, 3.63) is 70.9 Å². The second-order valence-electron chi connectivity index (χ2n) is 6.26. The van der Waals surface area contributed by atoms with E-state index in [2.05, 4.69) is 6.08 Å². The lowest BCUT2D eigenvalue weighted by Crippen LogP contribution is -2.24. The summed E-state index contributed by atoms with van der Waals surface area (Å²) < 4.78 is 5.70. The number of benzene rings is 2. The molecule has 0 unspecified atom stereocenters. The number of hydrogen-bond donors (Lipinski definition) is 0. The molecule has 0 spiro atoms. The van der Waals surface area contributed by atoms with Gasteiger partial charge in [-0.2, -0.15) is 0 Å². The maximum absolute atomic E-state index is 11.8. The monoisotopic (exact) mass is 344 g/mol. The number of pyridine rings is 1. The molecular weight excluding hydrogens is 326 g/mol. The fraction of sp³-hybridized carbons (Fsp3) is 0.182. The summed E-state index contributed by atoms with van der Waals surface area (Å²) in [4.78, 5) is 16.6. The van der Waals surface area contributed by atoms with E-state index in [0.29, 0.717) is 23.9 Å². The van der Waals surface area contributed by atoms with Crippen molar-refractivity contribution in [2.45, 2.75) is 19.8 Å². The van der Waals surface area contributed by atoms with Crippen molar-refractivity contribution in [1.29, 1.82) is 0 Å². The summed E-state index contributed by atoms with van der Waals surface area (Å²) in [6.07, 6.45) is 3.45. The molecule has 0 saturated carbocycles. The molecule has 1 heterocycles. The predicted molar refractivity (Wildman–Crippen MR) is 99.9 cm³/mol. The first-order valence-electron chi connectivity index (χ1n) is 8.74. The Balaban J connectivity index is 1.90. The van der Waals surface area contributed by atoms with E-state index in [1.54, 1.807) is 6.07 Å². The number of carboxylic acids is 1. The van der Waals surface area contributed by atoms with E-state index in [-0.39, 0.29) is 5.56 Å². The molecule has 0 N–H and O–H groups in total. The zero-order valence-corrected chi connectivity index (χ0v) is 14.5. The van der Waals surface area contributed by atoms with Crippen LogP contribution in [0.2, 0.25) is 0 Å². The van der Waals surface area contributed by atoms with E-state index in [9.17, 15) is 9.90 Å². The number of carbonyl (C=O) groups is 1. The summed E-state index contributed by atoms with van der Waals surface area (Å²) in [7, 11) is 0. The Kier molecular flexibility index (Phi) is 4.17. The van der Waals surface area contributed by atoms with Crippen LogP contribution in [0.1, 0.15) is 40.5 Å². The van der Waals surface area contributed by atoms with Gasteiger partial charge in [0.2, 0.25) is 0 Å². The number of aromatic carboxylic acids is 1. The highest BCUT2D eigenvalue weighted by atomic mass is 16.5. The van der Waals surface area contributed by atoms with Crippen molar-refractivity contribution in [3.8, 4) is 5.75 Å². The highest BCUT2D eigenvalue weighted by molar-refractivity contribution is 6.05. The lowest BCUT2D eigenvalue weighted by atomic mass is 10.0. The number of fused-ring (bicyclic) bond motifs is 2. The van der Waals surface area contributed by atoms with Crippen LogP contribution in [0, 0.1) is 0 Å². The fourth-order valence-electron chi connectivity index (χ4n) is 3.59. The Morgan fingerprint density at radius 3 is 2.73 bits per heavy atom. The number of allylic oxidation sites excluding steroid dienone is 1. The highest BCUT2D eigenvalue weighted by Gasteiger charge is 2.24. The number of para-hydroxylation sites is 2. The Hall–Kier alpha value is -3.14. The van der Waals surface area contributed by atoms with Gasteiger partial charge in [0.15, 0.2) is 0 Å². The highest BCUT2D eigenvalue weighted by Crippen LogP contribution is 2.38. The van der Waals surface area contributed by atoms with Gasteiger partial charge in [0.05, 0.1) is 23.8 Å². The molecule has 3 aromatic rings. The topological polar surface area (TPSA) is 62.2 Å². The van der Waals surface area contributed by atoms with Crippen molar-refractivity contribution >= 4 is 28.5 Å². The van der Waals surface area contributed by atoms with Crippen LogP contribution in [-0.2, 0) is 6.42 Å². The lowest BCUT2D eigenvalue weighted by molar-refractivity contribution is -0.254. The number of aromatic nitrogens is 1. The normalized spacial score (nSPS) is 14.6. The van der Waals surface area contributed by atoms with Gasteiger partial charge in [-0.05, 0) is 49.1 Å². The summed E-state index contributed by atoms with van der Waals surface area (Å²) in [6.45, 7) is 2.54. The predicted octanol–water partition coefficient (Wildman–Crippen LogP) is 3.48. The summed E-state index contributed by atoms with van der Waals surface area (Å²) in [5.74, 6) is -0.326. The van der Waals surface area contributed by atoms with E-state index in [1.807, 2.05) is 49.4 Å². The van der Waals surface area contributed by atoms with Crippen LogP contribution in [0.25, 0.3) is 22.6 Å². The van der Waals surface area contributed by atoms with Gasteiger partial charge < -0.3 is 14.6 Å². The molecule has 26 heavy (non-hydrogen) atoms. The van der Waals surface area contributed by atoms with Crippen molar-refractivity contribution in [3.63, 3.8) is 0 Å². The number of hydrogen-bond acceptors (Lipinski definition) is 4. The first-order valence-corrected chi connectivity index (χ1v) is 8.74. The molecule has 0 fully saturated rings. The zero-order chi connectivity index (χ0) is 18.1. The number of ether oxygens (including phenoxy) is 1. The van der Waals surface area contributed by atoms with Crippen LogP contribution in [0.15, 0.2) is 48.5 Å². The molecule has 4 nitrogen and oxygen atoms in total. The molecule has 0 atom stereocenters. The van der Waals surface area contributed by atoms with Crippen LogP contribution in [0.3, 0.4) is 0 Å². The van der Waals surface area contributed by atoms with E-state index in [0.717, 1.165) is 34.6 Å². The second kappa shape index (κ2) is 6.64. The van der Waals surface area contributed by atoms with E-state index < -0.39 is 5.97 Å². The quantitative estimate of drug-likeness (QED) is 0.727. The van der Waals surface area contributed by atoms with Crippen molar-refractivity contribution in [2.75, 3.05) is 6.61 Å². The second-order valence-corrected chi connectivity index (χ2v) is 6.26. The number of nitrogens with zero attached hydrogens (tertiary/aromatic N) is 1. The third-order valence-corrected chi connectivity index (χ3v) is 4.69. The van der Waals surface area contributed by atoms with Crippen LogP contribution in [-0.4, -0.2) is 17.6 Å². The SMILES string of the molecule is CCOc1ccccc1/C=C1\CCc2c1nc1ccccc1c2C(=O)[O-]. The molecule has 1 aromatic heterocycles. The van der Waals surface area contributed by atoms with Gasteiger partial charge in [0.1, 0.15) is 5.75 Å². The number of carbonyl (C=O) groups excluding carboxylic acids is 1. The molecule has 1 aliphatic rings. The third-order valence-electron chi connectivity index (χ3n) is 4.69. The van der Waals surface area contributed by atoms with Gasteiger partial charge in [-0.25, -0.2) is 4.98 Å². The van der Waals surface area contributed by atoms with E-state index >= 15 is 0 Å². The number of carboxylic acid groups (broad SMARTS) is 1. The van der Waals surface area contributed by atoms with Gasteiger partial charge in [0.25, 0.3) is 0 Å². The molecule has 1 aliphatic carbocycles. The zero-order valence-electron chi connectivity index (χ0n) is 14.5. The molecule has 4 heteroatoms. The minimum atomic E-state index is -1.14. The summed E-state index contributed by atoms with van der Waals surface area (Å²) in [5.41, 5.74) is 4.48. The Morgan fingerprint density at radius 1 is 1.15 bits per heavy atom. The minimum Gasteiger partial charge on any atom is -0.545 e. The molecule has 0 amide bonds. The average Bonchev–Trinajstić information content (AvgIpc) is 3.03. The summed E-state index contributed by atoms with van der Waals surface area (Å²) >= 11 is 0. The third kappa shape index (κ3) is 2.73. The smallest absolute Gasteiger partial charge is 0.126 e. The average molecular weight is 344 g/mol. The van der Waals surface area contributed by atoms with Crippen molar-refractivity contribution in [1.82, 2.24) is 4.98 Å². The molecular formula is C22H18NO3-. The van der Waals surface area contributed by atoms with Gasteiger partial charge in [-0.3, -0.25) is 0 Å².